The molecule has 0 aliphatic rings. The van der Waals surface area contributed by atoms with E-state index in [1.165, 1.54) is 6.33 Å². The van der Waals surface area contributed by atoms with Gasteiger partial charge in [0.05, 0.1) is 5.69 Å². The fourth-order valence-corrected chi connectivity index (χ4v) is 1.86. The molecule has 94 valence electrons. The lowest BCUT2D eigenvalue weighted by Crippen LogP contribution is -2.03. The highest BCUT2D eigenvalue weighted by molar-refractivity contribution is 6.17. The van der Waals surface area contributed by atoms with Gasteiger partial charge in [-0.1, -0.05) is 25.1 Å². The van der Waals surface area contributed by atoms with Crippen molar-refractivity contribution < 1.29 is 4.39 Å². The van der Waals surface area contributed by atoms with Gasteiger partial charge in [-0.3, -0.25) is 0 Å². The third kappa shape index (κ3) is 2.59. The number of hydrogen-bond acceptors (Lipinski definition) is 3. The molecule has 5 heteroatoms. The average molecular weight is 266 g/mol. The number of anilines is 2. The van der Waals surface area contributed by atoms with Gasteiger partial charge >= 0.3 is 0 Å². The Hall–Kier alpha value is -1.68. The van der Waals surface area contributed by atoms with E-state index in [0.29, 0.717) is 18.0 Å². The number of hydrogen-bond donors (Lipinski definition) is 1. The van der Waals surface area contributed by atoms with E-state index in [4.69, 9.17) is 11.6 Å². The average Bonchev–Trinajstić information content (AvgIpc) is 2.42. The molecule has 0 bridgehead atoms. The summed E-state index contributed by atoms with van der Waals surface area (Å²) < 4.78 is 14.0. The van der Waals surface area contributed by atoms with Crippen molar-refractivity contribution >= 4 is 23.1 Å². The summed E-state index contributed by atoms with van der Waals surface area (Å²) in [5.74, 6) is 0.125. The quantitative estimate of drug-likeness (QED) is 0.858. The molecule has 0 aliphatic carbocycles. The Balaban J connectivity index is 2.34. The molecule has 1 aromatic heterocycles. The van der Waals surface area contributed by atoms with Crippen LogP contribution in [0.4, 0.5) is 15.9 Å². The van der Waals surface area contributed by atoms with Gasteiger partial charge < -0.3 is 5.32 Å². The van der Waals surface area contributed by atoms with Crippen molar-refractivity contribution in [3.05, 3.63) is 47.7 Å². The fourth-order valence-electron chi connectivity index (χ4n) is 1.63. The number of alkyl halides is 1. The summed E-state index contributed by atoms with van der Waals surface area (Å²) in [5.41, 5.74) is 2.05. The second kappa shape index (κ2) is 5.78. The van der Waals surface area contributed by atoms with Crippen LogP contribution in [0.25, 0.3) is 0 Å². The van der Waals surface area contributed by atoms with Gasteiger partial charge in [-0.2, -0.15) is 0 Å². The molecule has 0 spiro atoms. The summed E-state index contributed by atoms with van der Waals surface area (Å²) in [6.45, 7) is 1.85. The van der Waals surface area contributed by atoms with Crippen molar-refractivity contribution in [2.45, 2.75) is 19.2 Å². The molecule has 3 nitrogen and oxygen atoms in total. The lowest BCUT2D eigenvalue weighted by Gasteiger charge is -2.11. The summed E-state index contributed by atoms with van der Waals surface area (Å²) in [6, 6.07) is 7.47. The van der Waals surface area contributed by atoms with Crippen molar-refractivity contribution in [1.29, 1.82) is 0 Å². The molecule has 0 fully saturated rings. The first kappa shape index (κ1) is 12.8. The number of benzene rings is 1. The highest BCUT2D eigenvalue weighted by Gasteiger charge is 2.10. The molecular formula is C13H13ClFN3. The maximum absolute atomic E-state index is 14.0. The molecule has 0 aliphatic heterocycles. The van der Waals surface area contributed by atoms with Gasteiger partial charge in [0.1, 0.15) is 6.33 Å². The minimum Gasteiger partial charge on any atom is -0.337 e. The predicted molar refractivity (Wildman–Crippen MR) is 70.6 cm³/mol. The minimum atomic E-state index is -0.413. The summed E-state index contributed by atoms with van der Waals surface area (Å²) in [5, 5.41) is 2.96. The van der Waals surface area contributed by atoms with Crippen molar-refractivity contribution in [3.63, 3.8) is 0 Å². The number of aromatic nitrogens is 2. The summed E-state index contributed by atoms with van der Waals surface area (Å²) in [7, 11) is 0. The molecule has 18 heavy (non-hydrogen) atoms. The Morgan fingerprint density at radius 2 is 2.06 bits per heavy atom. The van der Waals surface area contributed by atoms with E-state index < -0.39 is 5.82 Å². The number of nitrogens with one attached hydrogen (secondary N) is 1. The van der Waals surface area contributed by atoms with Gasteiger partial charge in [0.15, 0.2) is 11.6 Å². The summed E-state index contributed by atoms with van der Waals surface area (Å²) in [4.78, 5) is 7.81. The molecule has 1 N–H and O–H groups in total. The largest absolute Gasteiger partial charge is 0.337 e. The van der Waals surface area contributed by atoms with Crippen LogP contribution in [-0.2, 0) is 12.3 Å². The molecule has 0 radical (unpaired) electrons. The van der Waals surface area contributed by atoms with Crippen LogP contribution in [0, 0.1) is 5.82 Å². The maximum atomic E-state index is 14.0. The van der Waals surface area contributed by atoms with Gasteiger partial charge in [-0.25, -0.2) is 14.4 Å². The van der Waals surface area contributed by atoms with E-state index in [1.54, 1.807) is 0 Å². The monoisotopic (exact) mass is 265 g/mol. The minimum absolute atomic E-state index is 0.180. The maximum Gasteiger partial charge on any atom is 0.187 e. The zero-order valence-corrected chi connectivity index (χ0v) is 10.7. The number of nitrogens with zero attached hydrogens (tertiary/aromatic N) is 2. The smallest absolute Gasteiger partial charge is 0.187 e. The molecule has 0 atom stereocenters. The fraction of sp³-hybridized carbons (Fsp3) is 0.231. The van der Waals surface area contributed by atoms with Crippen LogP contribution in [0.1, 0.15) is 18.2 Å². The highest BCUT2D eigenvalue weighted by atomic mass is 35.5. The van der Waals surface area contributed by atoms with Crippen LogP contribution in [0.2, 0.25) is 0 Å². The highest BCUT2D eigenvalue weighted by Crippen LogP contribution is 2.23. The molecule has 0 saturated carbocycles. The van der Waals surface area contributed by atoms with E-state index in [9.17, 15) is 4.39 Å². The standard InChI is InChI=1S/C13H13ClFN3/c1-2-10-12(15)13(17-8-16-10)18-11-6-4-3-5-9(11)7-14/h3-6,8H,2,7H2,1H3,(H,16,17,18). The van der Waals surface area contributed by atoms with E-state index in [1.807, 2.05) is 31.2 Å². The van der Waals surface area contributed by atoms with Crippen LogP contribution >= 0.6 is 11.6 Å². The number of halogens is 2. The normalized spacial score (nSPS) is 10.4. The van der Waals surface area contributed by atoms with Crippen LogP contribution < -0.4 is 5.32 Å². The Morgan fingerprint density at radius 3 is 2.78 bits per heavy atom. The van der Waals surface area contributed by atoms with Crippen molar-refractivity contribution in [2.24, 2.45) is 0 Å². The first-order valence-corrected chi connectivity index (χ1v) is 6.20. The Morgan fingerprint density at radius 1 is 1.28 bits per heavy atom. The van der Waals surface area contributed by atoms with E-state index >= 15 is 0 Å². The van der Waals surface area contributed by atoms with Crippen LogP contribution in [-0.4, -0.2) is 9.97 Å². The first-order valence-electron chi connectivity index (χ1n) is 5.66. The molecule has 0 saturated heterocycles. The first-order chi connectivity index (χ1) is 8.76. The van der Waals surface area contributed by atoms with Crippen molar-refractivity contribution in [2.75, 3.05) is 5.32 Å². The molecule has 0 unspecified atom stereocenters. The number of aryl methyl sites for hydroxylation is 1. The van der Waals surface area contributed by atoms with Crippen LogP contribution in [0.5, 0.6) is 0 Å². The zero-order chi connectivity index (χ0) is 13.0. The third-order valence-corrected chi connectivity index (χ3v) is 2.90. The molecule has 2 aromatic rings. The third-order valence-electron chi connectivity index (χ3n) is 2.61. The number of para-hydroxylation sites is 1. The molecule has 1 heterocycles. The lowest BCUT2D eigenvalue weighted by atomic mass is 10.2. The second-order valence-corrected chi connectivity index (χ2v) is 4.02. The van der Waals surface area contributed by atoms with Gasteiger partial charge in [0, 0.05) is 11.6 Å². The van der Waals surface area contributed by atoms with Crippen LogP contribution in [0.3, 0.4) is 0 Å². The second-order valence-electron chi connectivity index (χ2n) is 3.75. The summed E-state index contributed by atoms with van der Waals surface area (Å²) in [6.07, 6.45) is 1.88. The Labute approximate surface area is 110 Å². The van der Waals surface area contributed by atoms with Crippen molar-refractivity contribution in [3.8, 4) is 0 Å². The number of rotatable bonds is 4. The molecule has 2 rings (SSSR count). The van der Waals surface area contributed by atoms with E-state index in [2.05, 4.69) is 15.3 Å². The van der Waals surface area contributed by atoms with Gasteiger partial charge in [0.2, 0.25) is 0 Å². The Kier molecular flexibility index (Phi) is 4.10. The predicted octanol–water partition coefficient (Wildman–Crippen LogP) is 3.66. The Bertz CT molecular complexity index is 546. The lowest BCUT2D eigenvalue weighted by molar-refractivity contribution is 0.598. The molecular weight excluding hydrogens is 253 g/mol. The summed E-state index contributed by atoms with van der Waals surface area (Å²) >= 11 is 5.83. The zero-order valence-electron chi connectivity index (χ0n) is 9.95. The molecule has 0 amide bonds. The topological polar surface area (TPSA) is 37.8 Å². The van der Waals surface area contributed by atoms with Gasteiger partial charge in [-0.15, -0.1) is 11.6 Å². The van der Waals surface area contributed by atoms with E-state index in [0.717, 1.165) is 11.3 Å². The van der Waals surface area contributed by atoms with Crippen molar-refractivity contribution in [1.82, 2.24) is 9.97 Å². The van der Waals surface area contributed by atoms with Gasteiger partial charge in [-0.05, 0) is 18.1 Å². The van der Waals surface area contributed by atoms with E-state index in [-0.39, 0.29) is 5.82 Å². The molecule has 1 aromatic carbocycles. The van der Waals surface area contributed by atoms with Gasteiger partial charge in [0.25, 0.3) is 0 Å². The van der Waals surface area contributed by atoms with Crippen LogP contribution in [0.15, 0.2) is 30.6 Å². The SMILES string of the molecule is CCc1ncnc(Nc2ccccc2CCl)c1F.